The molecule has 2 saturated heterocycles. The van der Waals surface area contributed by atoms with E-state index in [1.807, 2.05) is 30.3 Å². The Bertz CT molecular complexity index is 422. The molecule has 0 saturated carbocycles. The van der Waals surface area contributed by atoms with E-state index >= 15 is 0 Å². The maximum Gasteiger partial charge on any atom is 0.0917 e. The normalized spacial score (nSPS) is 29.9. The topological polar surface area (TPSA) is 26.7 Å². The van der Waals surface area contributed by atoms with Crippen LogP contribution in [-0.4, -0.2) is 53.2 Å². The molecule has 3 heteroatoms. The van der Waals surface area contributed by atoms with Crippen molar-refractivity contribution in [3.8, 4) is 0 Å². The van der Waals surface area contributed by atoms with E-state index in [-0.39, 0.29) is 6.10 Å². The van der Waals surface area contributed by atoms with E-state index in [9.17, 15) is 5.11 Å². The van der Waals surface area contributed by atoms with E-state index in [4.69, 9.17) is 0 Å². The molecule has 2 heterocycles. The summed E-state index contributed by atoms with van der Waals surface area (Å²) in [5.74, 6) is 0. The molecule has 1 aromatic carbocycles. The number of hydrogen-bond acceptors (Lipinski definition) is 3. The van der Waals surface area contributed by atoms with Crippen LogP contribution in [0.3, 0.4) is 0 Å². The van der Waals surface area contributed by atoms with Gasteiger partial charge in [-0.25, -0.2) is 0 Å². The first-order chi connectivity index (χ1) is 9.74. The number of piperazine rings is 1. The van der Waals surface area contributed by atoms with Gasteiger partial charge in [-0.2, -0.15) is 0 Å². The number of aliphatic hydroxyl groups excluding tert-OH is 1. The van der Waals surface area contributed by atoms with Gasteiger partial charge in [0, 0.05) is 31.7 Å². The molecule has 3 rings (SSSR count). The minimum Gasteiger partial charge on any atom is -0.387 e. The van der Waals surface area contributed by atoms with E-state index in [0.717, 1.165) is 25.2 Å². The van der Waals surface area contributed by atoms with Gasteiger partial charge in [0.25, 0.3) is 0 Å². The molecule has 3 atom stereocenters. The zero-order valence-electron chi connectivity index (χ0n) is 12.4. The van der Waals surface area contributed by atoms with Crippen LogP contribution in [0.1, 0.15) is 37.9 Å². The van der Waals surface area contributed by atoms with Gasteiger partial charge in [-0.05, 0) is 31.9 Å². The van der Waals surface area contributed by atoms with Crippen molar-refractivity contribution < 1.29 is 5.11 Å². The van der Waals surface area contributed by atoms with E-state index in [1.54, 1.807) is 0 Å². The minimum absolute atomic E-state index is 0.367. The van der Waals surface area contributed by atoms with Crippen molar-refractivity contribution in [1.29, 1.82) is 0 Å². The van der Waals surface area contributed by atoms with Crippen LogP contribution < -0.4 is 0 Å². The Morgan fingerprint density at radius 3 is 2.80 bits per heavy atom. The van der Waals surface area contributed by atoms with Gasteiger partial charge in [-0.3, -0.25) is 9.80 Å². The lowest BCUT2D eigenvalue weighted by Crippen LogP contribution is -2.59. The van der Waals surface area contributed by atoms with E-state index < -0.39 is 0 Å². The van der Waals surface area contributed by atoms with Gasteiger partial charge in [0.2, 0.25) is 0 Å². The van der Waals surface area contributed by atoms with Gasteiger partial charge < -0.3 is 5.11 Å². The van der Waals surface area contributed by atoms with Crippen LogP contribution in [0.5, 0.6) is 0 Å². The number of aliphatic hydroxyl groups is 1. The highest BCUT2D eigenvalue weighted by Gasteiger charge is 2.33. The van der Waals surface area contributed by atoms with Crippen molar-refractivity contribution in [2.24, 2.45) is 0 Å². The van der Waals surface area contributed by atoms with E-state index in [0.29, 0.717) is 12.1 Å². The van der Waals surface area contributed by atoms with Crippen molar-refractivity contribution >= 4 is 0 Å². The Labute approximate surface area is 122 Å². The standard InChI is InChI=1S/C17H26N2O/c1-14-11-18-10-6-5-9-16(18)12-19(14)13-17(20)15-7-3-2-4-8-15/h2-4,7-8,14,16-17,20H,5-6,9-13H2,1H3. The second kappa shape index (κ2) is 6.25. The fourth-order valence-electron chi connectivity index (χ4n) is 3.67. The average molecular weight is 274 g/mol. The zero-order chi connectivity index (χ0) is 13.9. The summed E-state index contributed by atoms with van der Waals surface area (Å²) in [6, 6.07) is 11.3. The monoisotopic (exact) mass is 274 g/mol. The second-order valence-electron chi connectivity index (χ2n) is 6.37. The van der Waals surface area contributed by atoms with Crippen molar-refractivity contribution in [2.75, 3.05) is 26.2 Å². The predicted octanol–water partition coefficient (Wildman–Crippen LogP) is 2.28. The smallest absolute Gasteiger partial charge is 0.0917 e. The molecule has 0 aliphatic carbocycles. The van der Waals surface area contributed by atoms with Gasteiger partial charge in [-0.1, -0.05) is 36.8 Å². The molecule has 110 valence electrons. The van der Waals surface area contributed by atoms with Crippen LogP contribution >= 0.6 is 0 Å². The number of hydrogen-bond donors (Lipinski definition) is 1. The Morgan fingerprint density at radius 1 is 1.20 bits per heavy atom. The molecule has 2 aliphatic rings. The number of rotatable bonds is 3. The Morgan fingerprint density at radius 2 is 2.00 bits per heavy atom. The minimum atomic E-state index is -0.367. The largest absolute Gasteiger partial charge is 0.387 e. The molecule has 20 heavy (non-hydrogen) atoms. The molecule has 2 fully saturated rings. The Kier molecular flexibility index (Phi) is 4.39. The van der Waals surface area contributed by atoms with Crippen LogP contribution in [0, 0.1) is 0 Å². The van der Waals surface area contributed by atoms with Gasteiger partial charge >= 0.3 is 0 Å². The van der Waals surface area contributed by atoms with Crippen LogP contribution in [0.2, 0.25) is 0 Å². The number of β-amino-alcohol motifs (C(OH)–C–C–N with tert-alkyl or cyclic N) is 1. The van der Waals surface area contributed by atoms with Crippen LogP contribution in [0.25, 0.3) is 0 Å². The summed E-state index contributed by atoms with van der Waals surface area (Å²) in [7, 11) is 0. The molecule has 0 aromatic heterocycles. The maximum atomic E-state index is 10.4. The molecule has 3 nitrogen and oxygen atoms in total. The fourth-order valence-corrected chi connectivity index (χ4v) is 3.67. The summed E-state index contributed by atoms with van der Waals surface area (Å²) in [4.78, 5) is 5.13. The molecule has 0 bridgehead atoms. The van der Waals surface area contributed by atoms with Gasteiger partial charge in [0.05, 0.1) is 6.10 Å². The summed E-state index contributed by atoms with van der Waals surface area (Å²) < 4.78 is 0. The highest BCUT2D eigenvalue weighted by atomic mass is 16.3. The number of fused-ring (bicyclic) bond motifs is 1. The Hall–Kier alpha value is -0.900. The molecule has 3 unspecified atom stereocenters. The lowest BCUT2D eigenvalue weighted by atomic mass is 9.96. The van der Waals surface area contributed by atoms with Gasteiger partial charge in [0.1, 0.15) is 0 Å². The highest BCUT2D eigenvalue weighted by molar-refractivity contribution is 5.17. The first kappa shape index (κ1) is 14.1. The third kappa shape index (κ3) is 3.05. The fraction of sp³-hybridized carbons (Fsp3) is 0.647. The van der Waals surface area contributed by atoms with Gasteiger partial charge in [-0.15, -0.1) is 0 Å². The van der Waals surface area contributed by atoms with Crippen LogP contribution in [0.4, 0.5) is 0 Å². The number of nitrogens with zero attached hydrogens (tertiary/aromatic N) is 2. The summed E-state index contributed by atoms with van der Waals surface area (Å²) in [6.07, 6.45) is 3.68. The average Bonchev–Trinajstić information content (AvgIpc) is 2.49. The van der Waals surface area contributed by atoms with Crippen molar-refractivity contribution in [1.82, 2.24) is 9.80 Å². The third-order valence-electron chi connectivity index (χ3n) is 4.91. The van der Waals surface area contributed by atoms with Crippen LogP contribution in [-0.2, 0) is 0 Å². The van der Waals surface area contributed by atoms with Crippen molar-refractivity contribution in [3.05, 3.63) is 35.9 Å². The predicted molar refractivity (Wildman–Crippen MR) is 81.6 cm³/mol. The zero-order valence-corrected chi connectivity index (χ0v) is 12.4. The molecular weight excluding hydrogens is 248 g/mol. The molecule has 1 N–H and O–H groups in total. The van der Waals surface area contributed by atoms with E-state index in [2.05, 4.69) is 16.7 Å². The highest BCUT2D eigenvalue weighted by Crippen LogP contribution is 2.25. The molecule has 1 aromatic rings. The van der Waals surface area contributed by atoms with Crippen LogP contribution in [0.15, 0.2) is 30.3 Å². The summed E-state index contributed by atoms with van der Waals surface area (Å²) in [5.41, 5.74) is 1.03. The first-order valence-electron chi connectivity index (χ1n) is 7.95. The molecule has 0 spiro atoms. The lowest BCUT2D eigenvalue weighted by Gasteiger charge is -2.48. The molecular formula is C17H26N2O. The molecule has 0 radical (unpaired) electrons. The summed E-state index contributed by atoms with van der Waals surface area (Å²) in [6.45, 7) is 6.60. The van der Waals surface area contributed by atoms with Gasteiger partial charge in [0.15, 0.2) is 0 Å². The third-order valence-corrected chi connectivity index (χ3v) is 4.91. The van der Waals surface area contributed by atoms with Crippen molar-refractivity contribution in [3.63, 3.8) is 0 Å². The number of benzene rings is 1. The SMILES string of the molecule is CC1CN2CCCCC2CN1CC(O)c1ccccc1. The maximum absolute atomic E-state index is 10.4. The van der Waals surface area contributed by atoms with E-state index in [1.165, 1.54) is 25.8 Å². The second-order valence-corrected chi connectivity index (χ2v) is 6.37. The first-order valence-corrected chi connectivity index (χ1v) is 7.95. The quantitative estimate of drug-likeness (QED) is 0.916. The molecule has 0 amide bonds. The summed E-state index contributed by atoms with van der Waals surface area (Å²) in [5, 5.41) is 10.4. The Balaban J connectivity index is 1.62. The summed E-state index contributed by atoms with van der Waals surface area (Å²) >= 11 is 0. The number of piperidine rings is 1. The lowest BCUT2D eigenvalue weighted by molar-refractivity contribution is -0.00754. The molecule has 2 aliphatic heterocycles. The van der Waals surface area contributed by atoms with Crippen molar-refractivity contribution in [2.45, 2.75) is 44.4 Å².